The van der Waals surface area contributed by atoms with Gasteiger partial charge in [-0.3, -0.25) is 14.5 Å². The highest BCUT2D eigenvalue weighted by Crippen LogP contribution is 2.35. The third kappa shape index (κ3) is 1.34. The van der Waals surface area contributed by atoms with Gasteiger partial charge in [0.15, 0.2) is 0 Å². The standard InChI is InChI=1S/C10H14N2O3/c1-5-8-6(10(14)15-3)4-7(12(8)2)9(13)11-5/h6-8H,1,4H2,2-3H3,(H,11,13)/t6-,7-,8-/m1/s1. The molecule has 15 heavy (non-hydrogen) atoms. The first-order valence-corrected chi connectivity index (χ1v) is 4.85. The van der Waals surface area contributed by atoms with Crippen molar-refractivity contribution in [3.05, 3.63) is 12.3 Å². The molecule has 5 heteroatoms. The van der Waals surface area contributed by atoms with Gasteiger partial charge in [-0.1, -0.05) is 6.58 Å². The summed E-state index contributed by atoms with van der Waals surface area (Å²) in [5.74, 6) is -0.631. The summed E-state index contributed by atoms with van der Waals surface area (Å²) in [5, 5.41) is 2.70. The van der Waals surface area contributed by atoms with Crippen LogP contribution in [-0.2, 0) is 14.3 Å². The maximum Gasteiger partial charge on any atom is 0.310 e. The number of esters is 1. The fraction of sp³-hybridized carbons (Fsp3) is 0.600. The van der Waals surface area contributed by atoms with Gasteiger partial charge in [-0.15, -0.1) is 0 Å². The van der Waals surface area contributed by atoms with E-state index in [2.05, 4.69) is 11.9 Å². The number of hydrogen-bond acceptors (Lipinski definition) is 4. The van der Waals surface area contributed by atoms with Crippen molar-refractivity contribution in [3.8, 4) is 0 Å². The minimum absolute atomic E-state index is 0.0786. The lowest BCUT2D eigenvalue weighted by molar-refractivity contribution is -0.145. The van der Waals surface area contributed by atoms with Crippen molar-refractivity contribution in [2.45, 2.75) is 18.5 Å². The fourth-order valence-corrected chi connectivity index (χ4v) is 2.49. The Morgan fingerprint density at radius 1 is 1.67 bits per heavy atom. The molecule has 2 rings (SSSR count). The van der Waals surface area contributed by atoms with Crippen molar-refractivity contribution in [2.75, 3.05) is 14.2 Å². The summed E-state index contributed by atoms with van der Waals surface area (Å²) in [4.78, 5) is 25.0. The van der Waals surface area contributed by atoms with Crippen molar-refractivity contribution >= 4 is 11.9 Å². The molecule has 5 nitrogen and oxygen atoms in total. The Kier molecular flexibility index (Phi) is 2.26. The van der Waals surface area contributed by atoms with Crippen LogP contribution in [0.5, 0.6) is 0 Å². The van der Waals surface area contributed by atoms with Gasteiger partial charge in [0, 0.05) is 5.70 Å². The predicted octanol–water partition coefficient (Wildman–Crippen LogP) is -0.508. The van der Waals surface area contributed by atoms with Gasteiger partial charge in [0.25, 0.3) is 0 Å². The summed E-state index contributed by atoms with van der Waals surface area (Å²) < 4.78 is 4.73. The molecular weight excluding hydrogens is 196 g/mol. The summed E-state index contributed by atoms with van der Waals surface area (Å²) >= 11 is 0. The summed E-state index contributed by atoms with van der Waals surface area (Å²) in [7, 11) is 3.20. The van der Waals surface area contributed by atoms with Gasteiger partial charge in [0.05, 0.1) is 25.1 Å². The third-order valence-electron chi connectivity index (χ3n) is 3.24. The number of nitrogens with zero attached hydrogens (tertiary/aromatic N) is 1. The molecule has 2 fully saturated rings. The molecular formula is C10H14N2O3. The molecule has 0 spiro atoms. The highest BCUT2D eigenvalue weighted by molar-refractivity contribution is 5.88. The summed E-state index contributed by atoms with van der Waals surface area (Å²) in [5.41, 5.74) is 0.589. The molecule has 2 aliphatic rings. The molecule has 0 aliphatic carbocycles. The summed E-state index contributed by atoms with van der Waals surface area (Å²) in [6.07, 6.45) is 0.513. The van der Waals surface area contributed by atoms with E-state index in [4.69, 9.17) is 4.74 Å². The Labute approximate surface area is 88.1 Å². The molecule has 1 N–H and O–H groups in total. The van der Waals surface area contributed by atoms with E-state index in [9.17, 15) is 9.59 Å². The van der Waals surface area contributed by atoms with E-state index in [1.165, 1.54) is 7.11 Å². The van der Waals surface area contributed by atoms with Crippen LogP contribution in [0.2, 0.25) is 0 Å². The average molecular weight is 210 g/mol. The Morgan fingerprint density at radius 2 is 2.33 bits per heavy atom. The number of methoxy groups -OCH3 is 1. The zero-order valence-corrected chi connectivity index (χ0v) is 8.82. The van der Waals surface area contributed by atoms with Crippen molar-refractivity contribution in [1.82, 2.24) is 10.2 Å². The van der Waals surface area contributed by atoms with E-state index >= 15 is 0 Å². The maximum atomic E-state index is 11.6. The number of piperazine rings is 1. The van der Waals surface area contributed by atoms with Gasteiger partial charge in [0.1, 0.15) is 0 Å². The fourth-order valence-electron chi connectivity index (χ4n) is 2.49. The number of rotatable bonds is 1. The number of hydrogen-bond donors (Lipinski definition) is 1. The van der Waals surface area contributed by atoms with Gasteiger partial charge in [-0.05, 0) is 13.5 Å². The molecule has 2 saturated heterocycles. The van der Waals surface area contributed by atoms with Crippen LogP contribution in [0.4, 0.5) is 0 Å². The molecule has 1 amide bonds. The Morgan fingerprint density at radius 3 is 2.93 bits per heavy atom. The molecule has 0 aromatic heterocycles. The van der Waals surface area contributed by atoms with Crippen molar-refractivity contribution in [1.29, 1.82) is 0 Å². The van der Waals surface area contributed by atoms with Crippen LogP contribution >= 0.6 is 0 Å². The lowest BCUT2D eigenvalue weighted by atomic mass is 9.98. The van der Waals surface area contributed by atoms with Crippen LogP contribution in [-0.4, -0.2) is 43.0 Å². The number of nitrogens with one attached hydrogen (secondary N) is 1. The predicted molar refractivity (Wildman–Crippen MR) is 52.7 cm³/mol. The van der Waals surface area contributed by atoms with E-state index in [1.807, 2.05) is 11.9 Å². The minimum atomic E-state index is -0.281. The van der Waals surface area contributed by atoms with Gasteiger partial charge in [-0.2, -0.15) is 0 Å². The van der Waals surface area contributed by atoms with Gasteiger partial charge in [0.2, 0.25) is 5.91 Å². The van der Waals surface area contributed by atoms with Crippen molar-refractivity contribution < 1.29 is 14.3 Å². The van der Waals surface area contributed by atoms with Gasteiger partial charge in [-0.25, -0.2) is 0 Å². The number of likely N-dealkylation sites (N-methyl/N-ethyl adjacent to an activating group) is 1. The molecule has 0 aromatic rings. The number of ether oxygens (including phenoxy) is 1. The highest BCUT2D eigenvalue weighted by Gasteiger charge is 2.51. The number of carbonyl (C=O) groups excluding carboxylic acids is 2. The molecule has 2 aliphatic heterocycles. The Hall–Kier alpha value is -1.36. The molecule has 2 heterocycles. The van der Waals surface area contributed by atoms with E-state index in [0.717, 1.165) is 0 Å². The second kappa shape index (κ2) is 3.34. The molecule has 0 unspecified atom stereocenters. The molecule has 0 aromatic carbocycles. The quantitative estimate of drug-likeness (QED) is 0.592. The second-order valence-electron chi connectivity index (χ2n) is 4.01. The lowest BCUT2D eigenvalue weighted by Gasteiger charge is -2.33. The Bertz CT molecular complexity index is 340. The first-order valence-electron chi connectivity index (χ1n) is 4.85. The average Bonchev–Trinajstić information content (AvgIpc) is 2.46. The SMILES string of the molecule is C=C1NC(=O)[C@H]2C[C@@H](C(=O)OC)[C@@H]1N2C. The maximum absolute atomic E-state index is 11.6. The first kappa shape index (κ1) is 10.2. The Balaban J connectivity index is 2.30. The smallest absolute Gasteiger partial charge is 0.310 e. The minimum Gasteiger partial charge on any atom is -0.469 e. The highest BCUT2D eigenvalue weighted by atomic mass is 16.5. The topological polar surface area (TPSA) is 58.6 Å². The monoisotopic (exact) mass is 210 g/mol. The zero-order chi connectivity index (χ0) is 11.2. The van der Waals surface area contributed by atoms with Crippen molar-refractivity contribution in [3.63, 3.8) is 0 Å². The van der Waals surface area contributed by atoms with Crippen LogP contribution in [0.1, 0.15) is 6.42 Å². The molecule has 0 saturated carbocycles. The summed E-state index contributed by atoms with van der Waals surface area (Å²) in [6, 6.07) is -0.357. The van der Waals surface area contributed by atoms with E-state index in [-0.39, 0.29) is 29.9 Å². The van der Waals surface area contributed by atoms with Crippen LogP contribution in [0.15, 0.2) is 12.3 Å². The van der Waals surface area contributed by atoms with Crippen LogP contribution in [0.25, 0.3) is 0 Å². The number of fused-ring (bicyclic) bond motifs is 2. The lowest BCUT2D eigenvalue weighted by Crippen LogP contribution is -2.52. The zero-order valence-electron chi connectivity index (χ0n) is 8.82. The first-order chi connectivity index (χ1) is 7.06. The normalized spacial score (nSPS) is 35.2. The molecule has 3 atom stereocenters. The van der Waals surface area contributed by atoms with E-state index in [0.29, 0.717) is 12.1 Å². The summed E-state index contributed by atoms with van der Waals surface area (Å²) in [6.45, 7) is 3.78. The van der Waals surface area contributed by atoms with Crippen molar-refractivity contribution in [2.24, 2.45) is 5.92 Å². The molecule has 2 bridgehead atoms. The van der Waals surface area contributed by atoms with Crippen LogP contribution in [0.3, 0.4) is 0 Å². The third-order valence-corrected chi connectivity index (χ3v) is 3.24. The largest absolute Gasteiger partial charge is 0.469 e. The number of carbonyl (C=O) groups is 2. The van der Waals surface area contributed by atoms with E-state index < -0.39 is 0 Å². The van der Waals surface area contributed by atoms with Gasteiger partial charge < -0.3 is 10.1 Å². The molecule has 82 valence electrons. The van der Waals surface area contributed by atoms with E-state index in [1.54, 1.807) is 0 Å². The van der Waals surface area contributed by atoms with Crippen LogP contribution < -0.4 is 5.32 Å². The second-order valence-corrected chi connectivity index (χ2v) is 4.01. The van der Waals surface area contributed by atoms with Gasteiger partial charge >= 0.3 is 5.97 Å². The number of amides is 1. The molecule has 0 radical (unpaired) electrons. The van der Waals surface area contributed by atoms with Crippen LogP contribution in [0, 0.1) is 5.92 Å².